The van der Waals surface area contributed by atoms with Gasteiger partial charge in [0.25, 0.3) is 11.6 Å². The van der Waals surface area contributed by atoms with Crippen LogP contribution in [0.2, 0.25) is 0 Å². The number of rotatable bonds is 3. The fourth-order valence-corrected chi connectivity index (χ4v) is 3.73. The Labute approximate surface area is 160 Å². The average molecular weight is 397 g/mol. The summed E-state index contributed by atoms with van der Waals surface area (Å²) in [4.78, 5) is 38.2. The third kappa shape index (κ3) is 3.22. The molecule has 0 bridgehead atoms. The molecular formula is C19H22F3N3O3. The van der Waals surface area contributed by atoms with E-state index in [2.05, 4.69) is 0 Å². The molecule has 2 N–H and O–H groups in total. The number of nitrogens with one attached hydrogen (secondary N) is 2. The zero-order valence-corrected chi connectivity index (χ0v) is 15.7. The van der Waals surface area contributed by atoms with Crippen LogP contribution in [0.5, 0.6) is 0 Å². The van der Waals surface area contributed by atoms with Gasteiger partial charge in [-0.3, -0.25) is 14.9 Å². The molecule has 4 amide bonds. The maximum atomic E-state index is 14.0. The zero-order valence-electron chi connectivity index (χ0n) is 15.7. The summed E-state index contributed by atoms with van der Waals surface area (Å²) in [7, 11) is 0. The number of alkyl halides is 3. The molecular weight excluding hydrogens is 375 g/mol. The first-order chi connectivity index (χ1) is 13.1. The van der Waals surface area contributed by atoms with Crippen molar-refractivity contribution in [2.75, 3.05) is 4.90 Å². The molecule has 1 aliphatic heterocycles. The minimum absolute atomic E-state index is 0.0561. The Morgan fingerprint density at radius 1 is 1.18 bits per heavy atom. The predicted molar refractivity (Wildman–Crippen MR) is 95.4 cm³/mol. The molecule has 0 spiro atoms. The lowest BCUT2D eigenvalue weighted by atomic mass is 9.88. The quantitative estimate of drug-likeness (QED) is 0.768. The van der Waals surface area contributed by atoms with E-state index in [9.17, 15) is 27.6 Å². The fourth-order valence-electron chi connectivity index (χ4n) is 3.73. The molecule has 1 aliphatic carbocycles. The number of imide groups is 1. The molecule has 9 heteroatoms. The lowest BCUT2D eigenvalue weighted by Gasteiger charge is -2.32. The molecule has 1 atom stereocenters. The summed E-state index contributed by atoms with van der Waals surface area (Å²) in [5.74, 6) is -3.02. The molecule has 28 heavy (non-hydrogen) atoms. The summed E-state index contributed by atoms with van der Waals surface area (Å²) >= 11 is 0. The summed E-state index contributed by atoms with van der Waals surface area (Å²) in [6.07, 6.45) is -1.87. The van der Waals surface area contributed by atoms with Crippen LogP contribution in [-0.2, 0) is 9.59 Å². The summed E-state index contributed by atoms with van der Waals surface area (Å²) in [5.41, 5.74) is -2.19. The Morgan fingerprint density at radius 3 is 2.43 bits per heavy atom. The number of carbonyl (C=O) groups excluding carboxylic acids is 3. The van der Waals surface area contributed by atoms with E-state index in [1.165, 1.54) is 6.07 Å². The van der Waals surface area contributed by atoms with Gasteiger partial charge in [-0.25, -0.2) is 9.69 Å². The van der Waals surface area contributed by atoms with Gasteiger partial charge in [-0.05, 0) is 43.9 Å². The van der Waals surface area contributed by atoms with Crippen molar-refractivity contribution in [2.24, 2.45) is 5.92 Å². The molecule has 2 fully saturated rings. The van der Waals surface area contributed by atoms with Gasteiger partial charge in [-0.2, -0.15) is 13.2 Å². The minimum atomic E-state index is -5.20. The monoisotopic (exact) mass is 397 g/mol. The number of amides is 4. The topological polar surface area (TPSA) is 78.5 Å². The van der Waals surface area contributed by atoms with Crippen molar-refractivity contribution >= 4 is 23.5 Å². The zero-order chi connectivity index (χ0) is 20.7. The van der Waals surface area contributed by atoms with Crippen LogP contribution in [-0.4, -0.2) is 29.7 Å². The van der Waals surface area contributed by atoms with E-state index < -0.39 is 35.6 Å². The van der Waals surface area contributed by atoms with Crippen molar-refractivity contribution < 1.29 is 27.6 Å². The Bertz CT molecular complexity index is 818. The van der Waals surface area contributed by atoms with Crippen LogP contribution in [0.25, 0.3) is 0 Å². The third-order valence-electron chi connectivity index (χ3n) is 5.55. The molecule has 0 radical (unpaired) electrons. The van der Waals surface area contributed by atoms with Crippen LogP contribution in [0, 0.1) is 19.8 Å². The van der Waals surface area contributed by atoms with Crippen LogP contribution >= 0.6 is 0 Å². The largest absolute Gasteiger partial charge is 0.440 e. The standard InChI is InChI=1S/C19H22F3N3O3/c1-11-7-6-10-14(12(11)2)25-16(27)18(19(20,21)22,24-17(25)28)23-15(26)13-8-4-3-5-9-13/h6-7,10,13H,3-5,8-9H2,1-2H3,(H,23,26)(H,24,28). The van der Waals surface area contributed by atoms with E-state index in [0.29, 0.717) is 28.9 Å². The third-order valence-corrected chi connectivity index (χ3v) is 5.55. The number of hydrogen-bond acceptors (Lipinski definition) is 3. The van der Waals surface area contributed by atoms with Gasteiger partial charge in [0.05, 0.1) is 5.69 Å². The molecule has 1 heterocycles. The molecule has 1 aromatic rings. The second-order valence-electron chi connectivity index (χ2n) is 7.36. The maximum Gasteiger partial charge on any atom is 0.440 e. The van der Waals surface area contributed by atoms with Crippen LogP contribution < -0.4 is 15.5 Å². The number of carbonyl (C=O) groups is 3. The summed E-state index contributed by atoms with van der Waals surface area (Å²) < 4.78 is 41.9. The number of anilines is 1. The molecule has 1 saturated heterocycles. The van der Waals surface area contributed by atoms with Gasteiger partial charge in [0.15, 0.2) is 0 Å². The Morgan fingerprint density at radius 2 is 1.82 bits per heavy atom. The smallest absolute Gasteiger partial charge is 0.318 e. The van der Waals surface area contributed by atoms with Crippen molar-refractivity contribution in [2.45, 2.75) is 57.8 Å². The van der Waals surface area contributed by atoms with Crippen molar-refractivity contribution in [1.82, 2.24) is 10.6 Å². The van der Waals surface area contributed by atoms with Gasteiger partial charge in [0, 0.05) is 5.92 Å². The first-order valence-corrected chi connectivity index (χ1v) is 9.20. The lowest BCUT2D eigenvalue weighted by Crippen LogP contribution is -2.70. The first kappa shape index (κ1) is 20.2. The number of aryl methyl sites for hydroxylation is 1. The van der Waals surface area contributed by atoms with Gasteiger partial charge in [0.1, 0.15) is 0 Å². The lowest BCUT2D eigenvalue weighted by molar-refractivity contribution is -0.202. The Kier molecular flexibility index (Phi) is 5.12. The second-order valence-corrected chi connectivity index (χ2v) is 7.36. The highest BCUT2D eigenvalue weighted by molar-refractivity contribution is 6.24. The number of nitrogens with zero attached hydrogens (tertiary/aromatic N) is 1. The highest BCUT2D eigenvalue weighted by Crippen LogP contribution is 2.37. The molecule has 1 saturated carbocycles. The molecule has 2 aliphatic rings. The van der Waals surface area contributed by atoms with Gasteiger partial charge >= 0.3 is 12.2 Å². The van der Waals surface area contributed by atoms with Gasteiger partial charge in [-0.1, -0.05) is 31.4 Å². The number of halogens is 3. The molecule has 6 nitrogen and oxygen atoms in total. The van der Waals surface area contributed by atoms with Crippen LogP contribution in [0.15, 0.2) is 18.2 Å². The van der Waals surface area contributed by atoms with Gasteiger partial charge < -0.3 is 5.32 Å². The second kappa shape index (κ2) is 7.10. The van der Waals surface area contributed by atoms with E-state index in [0.717, 1.165) is 19.3 Å². The SMILES string of the molecule is Cc1cccc(N2C(=O)NC(NC(=O)C3CCCCC3)(C(F)(F)F)C2=O)c1C. The van der Waals surface area contributed by atoms with Crippen LogP contribution in [0.3, 0.4) is 0 Å². The Balaban J connectivity index is 1.98. The number of urea groups is 1. The van der Waals surface area contributed by atoms with E-state index >= 15 is 0 Å². The van der Waals surface area contributed by atoms with Crippen LogP contribution in [0.1, 0.15) is 43.2 Å². The van der Waals surface area contributed by atoms with Gasteiger partial charge in [-0.15, -0.1) is 0 Å². The normalized spacial score (nSPS) is 23.7. The average Bonchev–Trinajstić information content (AvgIpc) is 2.89. The van der Waals surface area contributed by atoms with Crippen molar-refractivity contribution in [3.8, 4) is 0 Å². The highest BCUT2D eigenvalue weighted by atomic mass is 19.4. The van der Waals surface area contributed by atoms with Crippen molar-refractivity contribution in [3.05, 3.63) is 29.3 Å². The maximum absolute atomic E-state index is 14.0. The van der Waals surface area contributed by atoms with Gasteiger partial charge in [0.2, 0.25) is 5.91 Å². The minimum Gasteiger partial charge on any atom is -0.318 e. The number of hydrogen-bond donors (Lipinski definition) is 2. The van der Waals surface area contributed by atoms with E-state index in [1.54, 1.807) is 31.3 Å². The first-order valence-electron chi connectivity index (χ1n) is 9.20. The van der Waals surface area contributed by atoms with Crippen molar-refractivity contribution in [1.29, 1.82) is 0 Å². The summed E-state index contributed by atoms with van der Waals surface area (Å²) in [6, 6.07) is 3.45. The van der Waals surface area contributed by atoms with E-state index in [-0.39, 0.29) is 5.69 Å². The Hall–Kier alpha value is -2.58. The molecule has 1 unspecified atom stereocenters. The molecule has 1 aromatic carbocycles. The van der Waals surface area contributed by atoms with Crippen molar-refractivity contribution in [3.63, 3.8) is 0 Å². The number of benzene rings is 1. The molecule has 152 valence electrons. The summed E-state index contributed by atoms with van der Waals surface area (Å²) in [6.45, 7) is 3.33. The summed E-state index contributed by atoms with van der Waals surface area (Å²) in [5, 5.41) is 3.53. The highest BCUT2D eigenvalue weighted by Gasteiger charge is 2.69. The molecule has 0 aromatic heterocycles. The van der Waals surface area contributed by atoms with Crippen LogP contribution in [0.4, 0.5) is 23.7 Å². The predicted octanol–water partition coefficient (Wildman–Crippen LogP) is 3.31. The van der Waals surface area contributed by atoms with E-state index in [4.69, 9.17) is 0 Å². The molecule has 3 rings (SSSR count). The van der Waals surface area contributed by atoms with E-state index in [1.807, 2.05) is 5.32 Å². The fraction of sp³-hybridized carbons (Fsp3) is 0.526.